The summed E-state index contributed by atoms with van der Waals surface area (Å²) in [5.74, 6) is 0.772. The molecule has 0 saturated carbocycles. The molecule has 0 N–H and O–H groups in total. The lowest BCUT2D eigenvalue weighted by Gasteiger charge is -2.18. The number of ether oxygens (including phenoxy) is 1. The molecule has 0 spiro atoms. The standard InChI is InChI=1S/C21H19NO2/c1-15-2-6-19(7-3-15)21(23)24-20-12-10-18(11-13-20)17-8-4-16(14-22)5-9-17/h2,4-6,8-13,15,19H,3,7H2,1H3. The number of carbonyl (C=O) groups excluding carboxylic acids is 1. The van der Waals surface area contributed by atoms with Gasteiger partial charge in [-0.25, -0.2) is 0 Å². The van der Waals surface area contributed by atoms with E-state index in [1.54, 1.807) is 24.3 Å². The van der Waals surface area contributed by atoms with Crippen molar-refractivity contribution < 1.29 is 9.53 Å². The maximum absolute atomic E-state index is 12.2. The highest BCUT2D eigenvalue weighted by atomic mass is 16.5. The van der Waals surface area contributed by atoms with Crippen molar-refractivity contribution >= 4 is 5.97 Å². The first-order valence-electron chi connectivity index (χ1n) is 8.16. The highest BCUT2D eigenvalue weighted by Crippen LogP contribution is 2.26. The molecule has 24 heavy (non-hydrogen) atoms. The van der Waals surface area contributed by atoms with Gasteiger partial charge in [-0.2, -0.15) is 5.26 Å². The molecule has 1 aliphatic rings. The van der Waals surface area contributed by atoms with E-state index in [1.807, 2.05) is 30.3 Å². The molecule has 0 heterocycles. The van der Waals surface area contributed by atoms with E-state index in [1.165, 1.54) is 0 Å². The fraction of sp³-hybridized carbons (Fsp3) is 0.238. The minimum absolute atomic E-state index is 0.139. The molecule has 3 rings (SSSR count). The van der Waals surface area contributed by atoms with Crippen molar-refractivity contribution in [3.05, 3.63) is 66.2 Å². The van der Waals surface area contributed by atoms with Crippen LogP contribution in [0, 0.1) is 23.2 Å². The van der Waals surface area contributed by atoms with E-state index in [4.69, 9.17) is 10.00 Å². The van der Waals surface area contributed by atoms with Gasteiger partial charge in [0.1, 0.15) is 5.75 Å². The normalized spacial score (nSPS) is 19.5. The third-order valence-corrected chi connectivity index (χ3v) is 4.33. The van der Waals surface area contributed by atoms with Crippen LogP contribution in [0.4, 0.5) is 0 Å². The molecule has 3 nitrogen and oxygen atoms in total. The highest BCUT2D eigenvalue weighted by molar-refractivity contribution is 5.77. The summed E-state index contributed by atoms with van der Waals surface area (Å²) in [6, 6.07) is 17.0. The lowest BCUT2D eigenvalue weighted by Crippen LogP contribution is -2.21. The maximum Gasteiger partial charge on any atom is 0.318 e. The summed E-state index contributed by atoms with van der Waals surface area (Å²) < 4.78 is 5.48. The van der Waals surface area contributed by atoms with Crippen molar-refractivity contribution in [2.45, 2.75) is 19.8 Å². The molecule has 120 valence electrons. The van der Waals surface area contributed by atoms with Crippen LogP contribution in [0.5, 0.6) is 5.75 Å². The molecule has 0 aliphatic heterocycles. The number of hydrogen-bond acceptors (Lipinski definition) is 3. The average Bonchev–Trinajstić information content (AvgIpc) is 2.63. The van der Waals surface area contributed by atoms with E-state index in [0.717, 1.165) is 24.0 Å². The van der Waals surface area contributed by atoms with Crippen molar-refractivity contribution in [1.82, 2.24) is 0 Å². The second-order valence-electron chi connectivity index (χ2n) is 6.18. The van der Waals surface area contributed by atoms with Gasteiger partial charge in [0.05, 0.1) is 17.6 Å². The van der Waals surface area contributed by atoms with E-state index in [-0.39, 0.29) is 11.9 Å². The van der Waals surface area contributed by atoms with E-state index >= 15 is 0 Å². The third-order valence-electron chi connectivity index (χ3n) is 4.33. The van der Waals surface area contributed by atoms with Gasteiger partial charge in [0.25, 0.3) is 0 Å². The quantitative estimate of drug-likeness (QED) is 0.467. The molecule has 0 saturated heterocycles. The van der Waals surface area contributed by atoms with Crippen molar-refractivity contribution in [2.24, 2.45) is 11.8 Å². The van der Waals surface area contributed by atoms with Crippen LogP contribution in [0.25, 0.3) is 11.1 Å². The third kappa shape index (κ3) is 3.72. The Bertz CT molecular complexity index is 782. The van der Waals surface area contributed by atoms with Crippen LogP contribution < -0.4 is 4.74 Å². The first kappa shape index (κ1) is 16.0. The molecule has 0 radical (unpaired) electrons. The Morgan fingerprint density at radius 2 is 1.62 bits per heavy atom. The van der Waals surface area contributed by atoms with Crippen LogP contribution >= 0.6 is 0 Å². The number of nitrogens with zero attached hydrogens (tertiary/aromatic N) is 1. The lowest BCUT2D eigenvalue weighted by atomic mass is 9.90. The number of esters is 1. The Hall–Kier alpha value is -2.86. The molecule has 3 heteroatoms. The Morgan fingerprint density at radius 3 is 2.17 bits per heavy atom. The van der Waals surface area contributed by atoms with Crippen LogP contribution in [0.2, 0.25) is 0 Å². The second kappa shape index (κ2) is 7.14. The van der Waals surface area contributed by atoms with E-state index in [0.29, 0.717) is 17.2 Å². The zero-order valence-corrected chi connectivity index (χ0v) is 13.6. The van der Waals surface area contributed by atoms with Crippen molar-refractivity contribution in [3.8, 4) is 22.9 Å². The summed E-state index contributed by atoms with van der Waals surface area (Å²) in [6.07, 6.45) is 5.92. The van der Waals surface area contributed by atoms with Crippen LogP contribution in [-0.4, -0.2) is 5.97 Å². The number of hydrogen-bond donors (Lipinski definition) is 0. The highest BCUT2D eigenvalue weighted by Gasteiger charge is 2.21. The Kier molecular flexibility index (Phi) is 4.77. The van der Waals surface area contributed by atoms with Crippen LogP contribution in [0.1, 0.15) is 25.3 Å². The fourth-order valence-corrected chi connectivity index (χ4v) is 2.80. The van der Waals surface area contributed by atoms with Gasteiger partial charge in [0.15, 0.2) is 0 Å². The SMILES string of the molecule is CC1C=CC(C(=O)Oc2ccc(-c3ccc(C#N)cc3)cc2)CC1. The average molecular weight is 317 g/mol. The summed E-state index contributed by atoms with van der Waals surface area (Å²) in [6.45, 7) is 2.15. The van der Waals surface area contributed by atoms with Crippen LogP contribution in [-0.2, 0) is 4.79 Å². The molecule has 0 amide bonds. The first-order chi connectivity index (χ1) is 11.7. The largest absolute Gasteiger partial charge is 0.426 e. The maximum atomic E-state index is 12.2. The topological polar surface area (TPSA) is 50.1 Å². The molecule has 0 fully saturated rings. The predicted molar refractivity (Wildman–Crippen MR) is 93.3 cm³/mol. The number of allylic oxidation sites excluding steroid dienone is 1. The zero-order chi connectivity index (χ0) is 16.9. The van der Waals surface area contributed by atoms with Crippen LogP contribution in [0.15, 0.2) is 60.7 Å². The monoisotopic (exact) mass is 317 g/mol. The molecule has 0 bridgehead atoms. The van der Waals surface area contributed by atoms with Gasteiger partial charge in [-0.3, -0.25) is 4.79 Å². The summed E-state index contributed by atoms with van der Waals surface area (Å²) in [7, 11) is 0. The van der Waals surface area contributed by atoms with Gasteiger partial charge in [-0.1, -0.05) is 43.3 Å². The number of nitriles is 1. The fourth-order valence-electron chi connectivity index (χ4n) is 2.80. The minimum Gasteiger partial charge on any atom is -0.426 e. The van der Waals surface area contributed by atoms with E-state index in [2.05, 4.69) is 19.1 Å². The Labute approximate surface area is 142 Å². The molecule has 2 atom stereocenters. The molecule has 0 aromatic heterocycles. The minimum atomic E-state index is -0.190. The van der Waals surface area contributed by atoms with Gasteiger partial charge in [0.2, 0.25) is 0 Å². The van der Waals surface area contributed by atoms with E-state index in [9.17, 15) is 4.79 Å². The first-order valence-corrected chi connectivity index (χ1v) is 8.16. The molecule has 2 aromatic rings. The zero-order valence-electron chi connectivity index (χ0n) is 13.6. The van der Waals surface area contributed by atoms with Gasteiger partial charge < -0.3 is 4.74 Å². The van der Waals surface area contributed by atoms with Crippen LogP contribution in [0.3, 0.4) is 0 Å². The Morgan fingerprint density at radius 1 is 1.00 bits per heavy atom. The van der Waals surface area contributed by atoms with Gasteiger partial charge in [-0.05, 0) is 54.2 Å². The summed E-state index contributed by atoms with van der Waals surface area (Å²) in [5.41, 5.74) is 2.68. The van der Waals surface area contributed by atoms with Crippen molar-refractivity contribution in [1.29, 1.82) is 5.26 Å². The number of rotatable bonds is 3. The van der Waals surface area contributed by atoms with Gasteiger partial charge >= 0.3 is 5.97 Å². The molecule has 2 unspecified atom stereocenters. The summed E-state index contributed by atoms with van der Waals surface area (Å²) in [4.78, 5) is 12.2. The predicted octanol–water partition coefficient (Wildman–Crippen LogP) is 4.73. The number of benzene rings is 2. The number of carbonyl (C=O) groups is 1. The van der Waals surface area contributed by atoms with Crippen molar-refractivity contribution in [3.63, 3.8) is 0 Å². The second-order valence-corrected chi connectivity index (χ2v) is 6.18. The molecular weight excluding hydrogens is 298 g/mol. The molecule has 1 aliphatic carbocycles. The Balaban J connectivity index is 1.67. The van der Waals surface area contributed by atoms with Gasteiger partial charge in [0, 0.05) is 0 Å². The smallest absolute Gasteiger partial charge is 0.318 e. The summed E-state index contributed by atoms with van der Waals surface area (Å²) >= 11 is 0. The lowest BCUT2D eigenvalue weighted by molar-refractivity contribution is -0.137. The van der Waals surface area contributed by atoms with Crippen molar-refractivity contribution in [2.75, 3.05) is 0 Å². The summed E-state index contributed by atoms with van der Waals surface area (Å²) in [5, 5.41) is 8.84. The molecule has 2 aromatic carbocycles. The van der Waals surface area contributed by atoms with Gasteiger partial charge in [-0.15, -0.1) is 0 Å². The van der Waals surface area contributed by atoms with E-state index < -0.39 is 0 Å². The molecular formula is C21H19NO2.